The fraction of sp³-hybridized carbons (Fsp3) is 0.300. The number of hydrogen-bond donors (Lipinski definition) is 2. The molecule has 2 aromatic carbocycles. The summed E-state index contributed by atoms with van der Waals surface area (Å²) in [5, 5.41) is 6.77. The maximum Gasteiger partial charge on any atom is 0.251 e. The van der Waals surface area contributed by atoms with Crippen molar-refractivity contribution in [1.29, 1.82) is 0 Å². The average molecular weight is 382 g/mol. The Morgan fingerprint density at radius 2 is 2.08 bits per heavy atom. The minimum Gasteiger partial charge on any atom is -0.348 e. The molecule has 6 heteroatoms. The topological polar surface area (TPSA) is 54.0 Å². The van der Waals surface area contributed by atoms with E-state index in [0.717, 1.165) is 21.0 Å². The number of nitrogens with one attached hydrogen (secondary N) is 2. The third kappa shape index (κ3) is 3.13. The second-order valence-corrected chi connectivity index (χ2v) is 9.29. The van der Waals surface area contributed by atoms with Crippen molar-refractivity contribution >= 4 is 39.2 Å². The number of rotatable bonds is 4. The van der Waals surface area contributed by atoms with Crippen LogP contribution in [0.25, 0.3) is 10.2 Å². The predicted molar refractivity (Wildman–Crippen MR) is 106 cm³/mol. The highest BCUT2D eigenvalue weighted by atomic mass is 32.2. The largest absolute Gasteiger partial charge is 0.348 e. The van der Waals surface area contributed by atoms with Gasteiger partial charge in [0, 0.05) is 28.6 Å². The van der Waals surface area contributed by atoms with Crippen LogP contribution in [0, 0.1) is 0 Å². The van der Waals surface area contributed by atoms with E-state index >= 15 is 0 Å². The van der Waals surface area contributed by atoms with Crippen molar-refractivity contribution in [3.63, 3.8) is 0 Å². The lowest BCUT2D eigenvalue weighted by molar-refractivity contribution is 0.0931. The zero-order chi connectivity index (χ0) is 17.5. The van der Waals surface area contributed by atoms with Gasteiger partial charge in [0.25, 0.3) is 5.91 Å². The van der Waals surface area contributed by atoms with E-state index in [4.69, 9.17) is 4.98 Å². The van der Waals surface area contributed by atoms with Crippen LogP contribution in [-0.4, -0.2) is 29.0 Å². The van der Waals surface area contributed by atoms with Crippen molar-refractivity contribution in [2.45, 2.75) is 46.6 Å². The number of hydrogen-bond acceptors (Lipinski definition) is 5. The van der Waals surface area contributed by atoms with Crippen LogP contribution in [0.1, 0.15) is 29.6 Å². The molecular formula is C20H19N3OS2. The molecule has 0 saturated carbocycles. The van der Waals surface area contributed by atoms with Gasteiger partial charge >= 0.3 is 0 Å². The van der Waals surface area contributed by atoms with Crippen LogP contribution in [0.15, 0.2) is 57.8 Å². The Balaban J connectivity index is 1.33. The molecule has 2 N–H and O–H groups in total. The van der Waals surface area contributed by atoms with Crippen LogP contribution in [0.4, 0.5) is 0 Å². The number of aromatic nitrogens is 1. The monoisotopic (exact) mass is 381 g/mol. The molecule has 3 atom stereocenters. The third-order valence-corrected chi connectivity index (χ3v) is 7.30. The Morgan fingerprint density at radius 1 is 1.19 bits per heavy atom. The maximum absolute atomic E-state index is 12.7. The summed E-state index contributed by atoms with van der Waals surface area (Å²) < 4.78 is 2.11. The summed E-state index contributed by atoms with van der Waals surface area (Å²) in [7, 11) is 0. The number of fused-ring (bicyclic) bond motifs is 3. The smallest absolute Gasteiger partial charge is 0.251 e. The van der Waals surface area contributed by atoms with Crippen molar-refractivity contribution < 1.29 is 4.79 Å². The third-order valence-electron chi connectivity index (χ3n) is 5.20. The Labute approximate surface area is 160 Å². The van der Waals surface area contributed by atoms with Gasteiger partial charge in [-0.05, 0) is 49.6 Å². The first-order chi connectivity index (χ1) is 12.7. The molecule has 2 saturated heterocycles. The number of carbonyl (C=O) groups excluding carboxylic acids is 1. The van der Waals surface area contributed by atoms with Crippen LogP contribution in [0.5, 0.6) is 0 Å². The summed E-state index contributed by atoms with van der Waals surface area (Å²) in [5.74, 6) is 0.0107. The van der Waals surface area contributed by atoms with E-state index in [2.05, 4.69) is 22.8 Å². The van der Waals surface area contributed by atoms with Crippen LogP contribution >= 0.6 is 23.1 Å². The lowest BCUT2D eigenvalue weighted by Gasteiger charge is -2.21. The second-order valence-electron chi connectivity index (χ2n) is 6.94. The van der Waals surface area contributed by atoms with Gasteiger partial charge in [-0.25, -0.2) is 4.98 Å². The molecule has 2 aliphatic heterocycles. The van der Waals surface area contributed by atoms with Gasteiger partial charge in [-0.1, -0.05) is 30.0 Å². The molecule has 2 fully saturated rings. The number of nitrogens with zero attached hydrogens (tertiary/aromatic N) is 1. The van der Waals surface area contributed by atoms with Gasteiger partial charge in [0.05, 0.1) is 10.2 Å². The molecule has 5 rings (SSSR count). The highest BCUT2D eigenvalue weighted by Gasteiger charge is 2.39. The molecule has 0 radical (unpaired) electrons. The number of thiazole rings is 1. The minimum absolute atomic E-state index is 0.0107. The van der Waals surface area contributed by atoms with Gasteiger partial charge in [-0.2, -0.15) is 0 Å². The molecule has 0 unspecified atom stereocenters. The van der Waals surface area contributed by atoms with Gasteiger partial charge in [0.1, 0.15) is 0 Å². The SMILES string of the molecule is O=C(N[C@@H]1C[C@H]2CC[C@@H]1N2)c1ccc2sc(Sc3ccccc3)nc2c1. The van der Waals surface area contributed by atoms with Crippen LogP contribution in [0.3, 0.4) is 0 Å². The second kappa shape index (κ2) is 6.68. The minimum atomic E-state index is 0.0107. The molecule has 0 aliphatic carbocycles. The molecule has 1 amide bonds. The highest BCUT2D eigenvalue weighted by molar-refractivity contribution is 8.01. The van der Waals surface area contributed by atoms with Crippen molar-refractivity contribution in [2.75, 3.05) is 0 Å². The van der Waals surface area contributed by atoms with Crippen molar-refractivity contribution in [1.82, 2.24) is 15.6 Å². The fourth-order valence-electron chi connectivity index (χ4n) is 3.92. The molecule has 0 spiro atoms. The summed E-state index contributed by atoms with van der Waals surface area (Å²) in [6, 6.07) is 17.4. The van der Waals surface area contributed by atoms with E-state index in [1.165, 1.54) is 17.7 Å². The standard InChI is InChI=1S/C20H19N3OS2/c24-19(22-16-11-13-7-8-15(16)21-13)12-6-9-18-17(10-12)23-20(26-18)25-14-4-2-1-3-5-14/h1-6,9-10,13,15-16,21H,7-8,11H2,(H,22,24)/t13-,15+,16-/m1/s1. The van der Waals surface area contributed by atoms with Crippen LogP contribution in [0.2, 0.25) is 0 Å². The van der Waals surface area contributed by atoms with Crippen LogP contribution < -0.4 is 10.6 Å². The molecule has 26 heavy (non-hydrogen) atoms. The van der Waals surface area contributed by atoms with Gasteiger partial charge in [-0.15, -0.1) is 11.3 Å². The predicted octanol–water partition coefficient (Wildman–Crippen LogP) is 4.07. The summed E-state index contributed by atoms with van der Waals surface area (Å²) in [4.78, 5) is 18.5. The van der Waals surface area contributed by atoms with Crippen molar-refractivity contribution in [3.05, 3.63) is 54.1 Å². The van der Waals surface area contributed by atoms with E-state index < -0.39 is 0 Å². The molecule has 1 aromatic heterocycles. The fourth-order valence-corrected chi connectivity index (χ4v) is 5.96. The zero-order valence-electron chi connectivity index (χ0n) is 14.1. The number of carbonyl (C=O) groups is 1. The molecular weight excluding hydrogens is 362 g/mol. The normalized spacial score (nSPS) is 24.2. The van der Waals surface area contributed by atoms with E-state index in [1.807, 2.05) is 36.4 Å². The lowest BCUT2D eigenvalue weighted by Crippen LogP contribution is -2.42. The Morgan fingerprint density at radius 3 is 2.85 bits per heavy atom. The van der Waals surface area contributed by atoms with Gasteiger partial charge in [0.2, 0.25) is 0 Å². The first-order valence-electron chi connectivity index (χ1n) is 8.95. The Hall–Kier alpha value is -1.89. The lowest BCUT2D eigenvalue weighted by atomic mass is 9.95. The molecule has 4 nitrogen and oxygen atoms in total. The molecule has 3 aromatic rings. The Bertz CT molecular complexity index is 956. The molecule has 2 aliphatic rings. The summed E-state index contributed by atoms with van der Waals surface area (Å²) >= 11 is 3.33. The number of benzene rings is 2. The van der Waals surface area contributed by atoms with Crippen LogP contribution in [-0.2, 0) is 0 Å². The average Bonchev–Trinajstić information content (AvgIpc) is 3.36. The summed E-state index contributed by atoms with van der Waals surface area (Å²) in [6.45, 7) is 0. The molecule has 132 valence electrons. The van der Waals surface area contributed by atoms with Gasteiger partial charge in [0.15, 0.2) is 4.34 Å². The van der Waals surface area contributed by atoms with Gasteiger partial charge < -0.3 is 10.6 Å². The quantitative estimate of drug-likeness (QED) is 0.715. The maximum atomic E-state index is 12.7. The van der Waals surface area contributed by atoms with Crippen molar-refractivity contribution in [3.8, 4) is 0 Å². The van der Waals surface area contributed by atoms with E-state index in [-0.39, 0.29) is 11.9 Å². The van der Waals surface area contributed by atoms with E-state index in [1.54, 1.807) is 23.1 Å². The summed E-state index contributed by atoms with van der Waals surface area (Å²) in [6.07, 6.45) is 3.46. The Kier molecular flexibility index (Phi) is 4.19. The van der Waals surface area contributed by atoms with E-state index in [0.29, 0.717) is 17.6 Å². The number of amides is 1. The summed E-state index contributed by atoms with van der Waals surface area (Å²) in [5.41, 5.74) is 1.59. The first-order valence-corrected chi connectivity index (χ1v) is 10.6. The first kappa shape index (κ1) is 16.3. The highest BCUT2D eigenvalue weighted by Crippen LogP contribution is 2.34. The van der Waals surface area contributed by atoms with Crippen molar-refractivity contribution in [2.24, 2.45) is 0 Å². The zero-order valence-corrected chi connectivity index (χ0v) is 15.8. The molecule has 3 heterocycles. The van der Waals surface area contributed by atoms with Gasteiger partial charge in [-0.3, -0.25) is 4.79 Å². The molecule has 2 bridgehead atoms. The van der Waals surface area contributed by atoms with E-state index in [9.17, 15) is 4.79 Å².